The predicted molar refractivity (Wildman–Crippen MR) is 226 cm³/mol. The van der Waals surface area contributed by atoms with Crippen molar-refractivity contribution in [2.75, 3.05) is 13.2 Å². The first-order valence-electron chi connectivity index (χ1n) is 20.4. The zero-order valence-electron chi connectivity index (χ0n) is 34.4. The molecule has 2 N–H and O–H groups in total. The van der Waals surface area contributed by atoms with Gasteiger partial charge < -0.3 is 24.3 Å². The number of nitrogens with one attached hydrogen (secondary N) is 1. The average molecular weight is 837 g/mol. The Morgan fingerprint density at radius 1 is 0.934 bits per heavy atom. The molecule has 6 aromatic rings. The Morgan fingerprint density at radius 2 is 1.72 bits per heavy atom. The number of ether oxygens (including phenoxy) is 3. The van der Waals surface area contributed by atoms with Crippen LogP contribution in [-0.4, -0.2) is 56.0 Å². The summed E-state index contributed by atoms with van der Waals surface area (Å²) in [5, 5.41) is 26.9. The van der Waals surface area contributed by atoms with Crippen molar-refractivity contribution in [3.63, 3.8) is 0 Å². The Balaban J connectivity index is 1.25. The first kappa shape index (κ1) is 44.2. The number of carbonyl (C=O) groups excluding carboxylic acids is 2. The van der Waals surface area contributed by atoms with Crippen LogP contribution in [-0.2, 0) is 38.5 Å². The summed E-state index contributed by atoms with van der Waals surface area (Å²) in [4.78, 5) is 38.7. The SMILES string of the molecule is CCOC(=O)CCc1cccc(C(CCCCC(C)(C)C(O)C[N+](=O)[O-])n2ccc(-c3cc(Oc4c(F)cc5[nH]ccc5c4CC(=O)OCc4ccccc4)ccc3F)n2)c1. The quantitative estimate of drug-likeness (QED) is 0.0312. The van der Waals surface area contributed by atoms with Crippen LogP contribution in [0.2, 0.25) is 0 Å². The van der Waals surface area contributed by atoms with Crippen molar-refractivity contribution in [3.05, 3.63) is 147 Å². The summed E-state index contributed by atoms with van der Waals surface area (Å²) < 4.78 is 50.0. The van der Waals surface area contributed by atoms with Crippen LogP contribution in [0.1, 0.15) is 81.2 Å². The summed E-state index contributed by atoms with van der Waals surface area (Å²) in [6.45, 7) is 5.20. The van der Waals surface area contributed by atoms with E-state index in [1.165, 1.54) is 24.3 Å². The van der Waals surface area contributed by atoms with E-state index in [0.29, 0.717) is 55.3 Å². The summed E-state index contributed by atoms with van der Waals surface area (Å²) in [6, 6.07) is 25.4. The van der Waals surface area contributed by atoms with Gasteiger partial charge in [-0.1, -0.05) is 81.3 Å². The first-order chi connectivity index (χ1) is 29.3. The zero-order chi connectivity index (χ0) is 43.5. The standard InChI is InChI=1S/C47H50F2N4O8/c1-4-59-44(55)19-16-31-13-10-14-33(25-31)42(15-8-9-22-47(2,3)43(54)29-53(57)58)52-24-21-40(51-52)37-26-34(17-18-38(37)48)61-46-36(35-20-23-50-41(35)28-39(46)49)27-45(56)60-30-32-11-6-5-7-12-32/h5-7,10-14,17-18,20-21,23-26,28,42-43,50,54H,4,8-9,15-16,19,22,27,29-30H2,1-3H3. The van der Waals surface area contributed by atoms with E-state index in [4.69, 9.17) is 19.3 Å². The van der Waals surface area contributed by atoms with Gasteiger partial charge in [-0.3, -0.25) is 24.4 Å². The number of H-pyrrole nitrogens is 1. The molecule has 6 rings (SSSR count). The molecule has 0 fully saturated rings. The maximum atomic E-state index is 15.8. The number of hydrogen-bond acceptors (Lipinski definition) is 9. The third-order valence-corrected chi connectivity index (χ3v) is 10.8. The lowest BCUT2D eigenvalue weighted by Gasteiger charge is -2.28. The molecule has 0 amide bonds. The molecule has 2 unspecified atom stereocenters. The minimum atomic E-state index is -1.10. The van der Waals surface area contributed by atoms with Crippen LogP contribution in [0.4, 0.5) is 8.78 Å². The van der Waals surface area contributed by atoms with E-state index in [1.807, 2.05) is 68.4 Å². The number of aromatic nitrogens is 3. The topological polar surface area (TPSA) is 159 Å². The van der Waals surface area contributed by atoms with Crippen molar-refractivity contribution >= 4 is 22.8 Å². The molecule has 0 spiro atoms. The van der Waals surface area contributed by atoms with Crippen LogP contribution in [0.15, 0.2) is 103 Å². The molecule has 14 heteroatoms. The highest BCUT2D eigenvalue weighted by Crippen LogP contribution is 2.37. The number of aliphatic hydroxyl groups is 1. The van der Waals surface area contributed by atoms with E-state index < -0.39 is 40.6 Å². The number of aromatic amines is 1. The van der Waals surface area contributed by atoms with Crippen LogP contribution < -0.4 is 4.74 Å². The number of esters is 2. The monoisotopic (exact) mass is 836 g/mol. The van der Waals surface area contributed by atoms with Crippen molar-refractivity contribution in [2.24, 2.45) is 5.41 Å². The van der Waals surface area contributed by atoms with E-state index in [1.54, 1.807) is 36.1 Å². The van der Waals surface area contributed by atoms with Gasteiger partial charge in [0.2, 0.25) is 6.54 Å². The van der Waals surface area contributed by atoms with Gasteiger partial charge in [-0.25, -0.2) is 8.78 Å². The van der Waals surface area contributed by atoms with Crippen LogP contribution in [0.3, 0.4) is 0 Å². The van der Waals surface area contributed by atoms with Crippen molar-refractivity contribution < 1.29 is 42.6 Å². The molecule has 0 aliphatic carbocycles. The van der Waals surface area contributed by atoms with Gasteiger partial charge in [0.1, 0.15) is 24.3 Å². The fourth-order valence-corrected chi connectivity index (χ4v) is 7.34. The number of aliphatic hydroxyl groups excluding tert-OH is 1. The highest BCUT2D eigenvalue weighted by molar-refractivity contribution is 5.89. The molecule has 61 heavy (non-hydrogen) atoms. The zero-order valence-corrected chi connectivity index (χ0v) is 34.4. The van der Waals surface area contributed by atoms with Gasteiger partial charge in [0, 0.05) is 51.8 Å². The van der Waals surface area contributed by atoms with Gasteiger partial charge in [0.15, 0.2) is 11.6 Å². The molecule has 2 aromatic heterocycles. The molecule has 320 valence electrons. The molecule has 0 saturated heterocycles. The number of fused-ring (bicyclic) bond motifs is 1. The van der Waals surface area contributed by atoms with Crippen LogP contribution in [0.5, 0.6) is 11.5 Å². The summed E-state index contributed by atoms with van der Waals surface area (Å²) in [7, 11) is 0. The molecule has 2 heterocycles. The normalized spacial score (nSPS) is 12.6. The third-order valence-electron chi connectivity index (χ3n) is 10.8. The van der Waals surface area contributed by atoms with Crippen molar-refractivity contribution in [3.8, 4) is 22.8 Å². The fraction of sp³-hybridized carbons (Fsp3) is 0.340. The number of hydrogen-bond donors (Lipinski definition) is 2. The third kappa shape index (κ3) is 11.7. The molecular formula is C47H50F2N4O8. The average Bonchev–Trinajstić information content (AvgIpc) is 3.92. The van der Waals surface area contributed by atoms with Crippen molar-refractivity contribution in [2.45, 2.75) is 84.5 Å². The Bertz CT molecular complexity index is 2450. The minimum absolute atomic E-state index is 0.0471. The van der Waals surface area contributed by atoms with E-state index in [-0.39, 0.29) is 54.1 Å². The lowest BCUT2D eigenvalue weighted by molar-refractivity contribution is -0.494. The number of benzene rings is 4. The van der Waals surface area contributed by atoms with Crippen LogP contribution >= 0.6 is 0 Å². The van der Waals surface area contributed by atoms with Crippen molar-refractivity contribution in [1.82, 2.24) is 14.8 Å². The Morgan fingerprint density at radius 3 is 2.49 bits per heavy atom. The predicted octanol–water partition coefficient (Wildman–Crippen LogP) is 9.70. The molecule has 0 bridgehead atoms. The number of unbranched alkanes of at least 4 members (excludes halogenated alkanes) is 1. The Labute approximate surface area is 352 Å². The molecular weight excluding hydrogens is 787 g/mol. The lowest BCUT2D eigenvalue weighted by Crippen LogP contribution is -2.35. The maximum absolute atomic E-state index is 15.8. The Kier molecular flexibility index (Phi) is 14.6. The molecule has 4 aromatic carbocycles. The van der Waals surface area contributed by atoms with Crippen LogP contribution in [0, 0.1) is 27.2 Å². The lowest BCUT2D eigenvalue weighted by atomic mass is 9.81. The maximum Gasteiger partial charge on any atom is 0.310 e. The Hall–Kier alpha value is -6.41. The smallest absolute Gasteiger partial charge is 0.310 e. The van der Waals surface area contributed by atoms with Crippen LogP contribution in [0.25, 0.3) is 22.2 Å². The van der Waals surface area contributed by atoms with Gasteiger partial charge >= 0.3 is 11.9 Å². The largest absolute Gasteiger partial charge is 0.466 e. The number of carbonyl (C=O) groups is 2. The number of nitro groups is 1. The highest BCUT2D eigenvalue weighted by atomic mass is 19.1. The second-order valence-corrected chi connectivity index (χ2v) is 15.7. The molecule has 0 aliphatic heterocycles. The van der Waals surface area contributed by atoms with Gasteiger partial charge in [-0.15, -0.1) is 0 Å². The second kappa shape index (κ2) is 20.2. The summed E-state index contributed by atoms with van der Waals surface area (Å²) in [5.74, 6) is -2.25. The highest BCUT2D eigenvalue weighted by Gasteiger charge is 2.31. The van der Waals surface area contributed by atoms with E-state index in [9.17, 15) is 24.8 Å². The number of nitrogens with zero attached hydrogens (tertiary/aromatic N) is 3. The van der Waals surface area contributed by atoms with E-state index in [2.05, 4.69) is 4.98 Å². The summed E-state index contributed by atoms with van der Waals surface area (Å²) in [6.07, 6.45) is 5.18. The minimum Gasteiger partial charge on any atom is -0.466 e. The first-order valence-corrected chi connectivity index (χ1v) is 20.4. The second-order valence-electron chi connectivity index (χ2n) is 15.7. The molecule has 0 saturated carbocycles. The number of aryl methyl sites for hydroxylation is 1. The summed E-state index contributed by atoms with van der Waals surface area (Å²) >= 11 is 0. The van der Waals surface area contributed by atoms with Gasteiger partial charge in [0.25, 0.3) is 0 Å². The summed E-state index contributed by atoms with van der Waals surface area (Å²) in [5.41, 5.74) is 3.10. The molecule has 2 atom stereocenters. The molecule has 0 radical (unpaired) electrons. The van der Waals surface area contributed by atoms with Gasteiger partial charge in [0.05, 0.1) is 24.8 Å². The van der Waals surface area contributed by atoms with Gasteiger partial charge in [-0.05, 0) is 78.6 Å². The van der Waals surface area contributed by atoms with E-state index >= 15 is 8.78 Å². The number of halogens is 2. The molecule has 12 nitrogen and oxygen atoms in total. The number of rotatable bonds is 21. The van der Waals surface area contributed by atoms with E-state index in [0.717, 1.165) is 16.7 Å². The molecule has 0 aliphatic rings. The fourth-order valence-electron chi connectivity index (χ4n) is 7.34. The van der Waals surface area contributed by atoms with Crippen molar-refractivity contribution in [1.29, 1.82) is 0 Å². The van der Waals surface area contributed by atoms with Gasteiger partial charge in [-0.2, -0.15) is 5.10 Å².